The van der Waals surface area contributed by atoms with E-state index in [0.717, 1.165) is 19.4 Å². The van der Waals surface area contributed by atoms with Crippen molar-refractivity contribution in [1.29, 1.82) is 0 Å². The number of hydrogen-bond donors (Lipinski definition) is 1. The lowest BCUT2D eigenvalue weighted by Gasteiger charge is -2.23. The molecule has 1 saturated heterocycles. The van der Waals surface area contributed by atoms with Gasteiger partial charge in [-0.2, -0.15) is 11.3 Å². The van der Waals surface area contributed by atoms with Crippen LogP contribution in [0.1, 0.15) is 30.3 Å². The van der Waals surface area contributed by atoms with E-state index in [9.17, 15) is 4.79 Å². The first-order chi connectivity index (χ1) is 12.7. The third-order valence-corrected chi connectivity index (χ3v) is 5.61. The first-order valence-corrected chi connectivity index (χ1v) is 9.55. The normalized spacial score (nSPS) is 17.7. The van der Waals surface area contributed by atoms with Crippen molar-refractivity contribution in [3.63, 3.8) is 0 Å². The number of H-pyrrole nitrogens is 1. The zero-order chi connectivity index (χ0) is 18.1. The summed E-state index contributed by atoms with van der Waals surface area (Å²) in [6.45, 7) is 1.63. The van der Waals surface area contributed by atoms with Gasteiger partial charge in [0.25, 0.3) is 5.56 Å². The van der Waals surface area contributed by atoms with Gasteiger partial charge in [0.2, 0.25) is 0 Å². The molecule has 0 amide bonds. The fraction of sp³-hybridized carbons (Fsp3) is 0.368. The predicted octanol–water partition coefficient (Wildman–Crippen LogP) is 3.34. The third-order valence-electron chi connectivity index (χ3n) is 4.90. The molecule has 136 valence electrons. The maximum Gasteiger partial charge on any atom is 0.258 e. The van der Waals surface area contributed by atoms with Gasteiger partial charge in [0.1, 0.15) is 5.82 Å². The van der Waals surface area contributed by atoms with E-state index in [-0.39, 0.29) is 5.56 Å². The van der Waals surface area contributed by atoms with Gasteiger partial charge in [-0.3, -0.25) is 9.69 Å². The summed E-state index contributed by atoms with van der Waals surface area (Å²) in [6.07, 6.45) is 2.29. The zero-order valence-corrected chi connectivity index (χ0v) is 15.6. The summed E-state index contributed by atoms with van der Waals surface area (Å²) in [6, 6.07) is 6.01. The maximum atomic E-state index is 12.5. The van der Waals surface area contributed by atoms with Gasteiger partial charge in [-0.15, -0.1) is 0 Å². The number of benzene rings is 1. The molecule has 6 nitrogen and oxygen atoms in total. The predicted molar refractivity (Wildman–Crippen MR) is 102 cm³/mol. The highest BCUT2D eigenvalue weighted by Gasteiger charge is 2.27. The number of rotatable bonds is 5. The van der Waals surface area contributed by atoms with Crippen LogP contribution < -0.4 is 15.0 Å². The second-order valence-electron chi connectivity index (χ2n) is 6.42. The lowest BCUT2D eigenvalue weighted by atomic mass is 10.1. The van der Waals surface area contributed by atoms with Crippen LogP contribution >= 0.6 is 11.3 Å². The number of aromatic amines is 1. The Morgan fingerprint density at radius 1 is 1.31 bits per heavy atom. The van der Waals surface area contributed by atoms with Crippen LogP contribution in [0.5, 0.6) is 11.5 Å². The largest absolute Gasteiger partial charge is 0.493 e. The SMILES string of the molecule is COc1cc2nc(CN3CCC[C@@H]3c3ccsc3)[nH]c(=O)c2cc1OC. The Balaban J connectivity index is 1.67. The van der Waals surface area contributed by atoms with Crippen molar-refractivity contribution in [2.45, 2.75) is 25.4 Å². The molecule has 1 aliphatic heterocycles. The molecule has 0 unspecified atom stereocenters. The molecule has 2 aromatic heterocycles. The quantitative estimate of drug-likeness (QED) is 0.745. The molecule has 26 heavy (non-hydrogen) atoms. The van der Waals surface area contributed by atoms with Crippen molar-refractivity contribution in [2.24, 2.45) is 0 Å². The van der Waals surface area contributed by atoms with Crippen LogP contribution in [0.2, 0.25) is 0 Å². The average Bonchev–Trinajstić information content (AvgIpc) is 3.32. The molecular formula is C19H21N3O3S. The van der Waals surface area contributed by atoms with Gasteiger partial charge in [0, 0.05) is 12.1 Å². The van der Waals surface area contributed by atoms with Crippen molar-refractivity contribution in [3.05, 3.63) is 50.7 Å². The van der Waals surface area contributed by atoms with Crippen LogP contribution in [0, 0.1) is 0 Å². The number of ether oxygens (including phenoxy) is 2. The molecule has 0 radical (unpaired) electrons. The third kappa shape index (κ3) is 3.08. The van der Waals surface area contributed by atoms with Crippen molar-refractivity contribution in [3.8, 4) is 11.5 Å². The molecule has 3 heterocycles. The number of thiophene rings is 1. The second-order valence-corrected chi connectivity index (χ2v) is 7.20. The average molecular weight is 371 g/mol. The molecule has 3 aromatic rings. The molecular weight excluding hydrogens is 350 g/mol. The van der Waals surface area contributed by atoms with Crippen molar-refractivity contribution in [2.75, 3.05) is 20.8 Å². The lowest BCUT2D eigenvalue weighted by molar-refractivity contribution is 0.243. The number of hydrogen-bond acceptors (Lipinski definition) is 6. The minimum Gasteiger partial charge on any atom is -0.493 e. The second kappa shape index (κ2) is 7.09. The highest BCUT2D eigenvalue weighted by Crippen LogP contribution is 2.34. The Kier molecular flexibility index (Phi) is 4.65. The standard InChI is InChI=1S/C19H21N3O3S/c1-24-16-8-13-14(9-17(16)25-2)20-18(21-19(13)23)10-22-6-3-4-15(22)12-5-7-26-11-12/h5,7-9,11,15H,3-4,6,10H2,1-2H3,(H,20,21,23)/t15-/m1/s1. The fourth-order valence-corrected chi connectivity index (χ4v) is 4.35. The number of fused-ring (bicyclic) bond motifs is 1. The molecule has 0 saturated carbocycles. The van der Waals surface area contributed by atoms with E-state index in [1.807, 2.05) is 0 Å². The number of likely N-dealkylation sites (tertiary alicyclic amines) is 1. The molecule has 1 aliphatic rings. The van der Waals surface area contributed by atoms with Crippen molar-refractivity contribution < 1.29 is 9.47 Å². The Hall–Kier alpha value is -2.38. The minimum atomic E-state index is -0.155. The molecule has 0 bridgehead atoms. The smallest absolute Gasteiger partial charge is 0.258 e. The van der Waals surface area contributed by atoms with E-state index in [1.165, 1.54) is 5.56 Å². The van der Waals surface area contributed by atoms with Crippen LogP contribution in [0.3, 0.4) is 0 Å². The Bertz CT molecular complexity index is 968. The van der Waals surface area contributed by atoms with E-state index < -0.39 is 0 Å². The van der Waals surface area contributed by atoms with E-state index in [2.05, 4.69) is 31.7 Å². The van der Waals surface area contributed by atoms with Gasteiger partial charge in [-0.05, 0) is 47.8 Å². The molecule has 4 rings (SSSR count). The molecule has 1 fully saturated rings. The molecule has 7 heteroatoms. The lowest BCUT2D eigenvalue weighted by Crippen LogP contribution is -2.25. The first kappa shape index (κ1) is 17.1. The van der Waals surface area contributed by atoms with Crippen LogP contribution in [-0.4, -0.2) is 35.6 Å². The summed E-state index contributed by atoms with van der Waals surface area (Å²) in [5.41, 5.74) is 1.81. The zero-order valence-electron chi connectivity index (χ0n) is 14.8. The highest BCUT2D eigenvalue weighted by molar-refractivity contribution is 7.07. The Morgan fingerprint density at radius 2 is 2.12 bits per heavy atom. The Morgan fingerprint density at radius 3 is 2.85 bits per heavy atom. The minimum absolute atomic E-state index is 0.155. The van der Waals surface area contributed by atoms with Gasteiger partial charge < -0.3 is 14.5 Å². The maximum absolute atomic E-state index is 12.5. The topological polar surface area (TPSA) is 67.5 Å². The number of nitrogens with zero attached hydrogens (tertiary/aromatic N) is 2. The number of aromatic nitrogens is 2. The summed E-state index contributed by atoms with van der Waals surface area (Å²) >= 11 is 1.72. The summed E-state index contributed by atoms with van der Waals surface area (Å²) in [7, 11) is 3.13. The van der Waals surface area contributed by atoms with Gasteiger partial charge in [0.15, 0.2) is 11.5 Å². The van der Waals surface area contributed by atoms with Crippen molar-refractivity contribution >= 4 is 22.2 Å². The summed E-state index contributed by atoms with van der Waals surface area (Å²) < 4.78 is 10.6. The molecule has 1 N–H and O–H groups in total. The van der Waals surface area contributed by atoms with Crippen LogP contribution in [0.25, 0.3) is 10.9 Å². The fourth-order valence-electron chi connectivity index (χ4n) is 3.64. The van der Waals surface area contributed by atoms with Crippen LogP contribution in [0.4, 0.5) is 0 Å². The van der Waals surface area contributed by atoms with Crippen LogP contribution in [0.15, 0.2) is 33.8 Å². The Labute approximate surface area is 155 Å². The molecule has 0 spiro atoms. The molecule has 0 aliphatic carbocycles. The van der Waals surface area contributed by atoms with Crippen LogP contribution in [-0.2, 0) is 6.54 Å². The molecule has 1 aromatic carbocycles. The van der Waals surface area contributed by atoms with E-state index >= 15 is 0 Å². The molecule has 1 atom stereocenters. The van der Waals surface area contributed by atoms with Crippen molar-refractivity contribution in [1.82, 2.24) is 14.9 Å². The van der Waals surface area contributed by atoms with Gasteiger partial charge >= 0.3 is 0 Å². The summed E-state index contributed by atoms with van der Waals surface area (Å²) in [4.78, 5) is 22.5. The number of methoxy groups -OCH3 is 2. The summed E-state index contributed by atoms with van der Waals surface area (Å²) in [5.74, 6) is 1.77. The van der Waals surface area contributed by atoms with E-state index in [4.69, 9.17) is 9.47 Å². The van der Waals surface area contributed by atoms with Gasteiger partial charge in [-0.25, -0.2) is 4.98 Å². The van der Waals surface area contributed by atoms with E-state index in [0.29, 0.717) is 40.8 Å². The van der Waals surface area contributed by atoms with Gasteiger partial charge in [-0.1, -0.05) is 0 Å². The van der Waals surface area contributed by atoms with Gasteiger partial charge in [0.05, 0.1) is 31.7 Å². The summed E-state index contributed by atoms with van der Waals surface area (Å²) in [5, 5.41) is 4.82. The van der Waals surface area contributed by atoms with E-state index in [1.54, 1.807) is 37.7 Å². The first-order valence-electron chi connectivity index (χ1n) is 8.60. The number of nitrogens with one attached hydrogen (secondary N) is 1. The monoisotopic (exact) mass is 371 g/mol. The highest BCUT2D eigenvalue weighted by atomic mass is 32.1.